The average molecular weight is 209 g/mol. The van der Waals surface area contributed by atoms with Crippen molar-refractivity contribution >= 4 is 0 Å². The standard InChI is InChI=1S/C11H19N3O/c1-7(12)9-6-13-10(14-8(9)2)11(3,4)15-5/h6-7H,12H2,1-5H3. The summed E-state index contributed by atoms with van der Waals surface area (Å²) < 4.78 is 5.32. The maximum absolute atomic E-state index is 5.79. The monoisotopic (exact) mass is 209 g/mol. The quantitative estimate of drug-likeness (QED) is 0.822. The van der Waals surface area contributed by atoms with E-state index in [1.165, 1.54) is 0 Å². The van der Waals surface area contributed by atoms with Crippen LogP contribution in [0.3, 0.4) is 0 Å². The lowest BCUT2D eigenvalue weighted by atomic mass is 10.1. The Bertz CT molecular complexity index is 348. The number of hydrogen-bond donors (Lipinski definition) is 1. The Kier molecular flexibility index (Phi) is 3.42. The number of rotatable bonds is 3. The van der Waals surface area contributed by atoms with Gasteiger partial charge in [0.2, 0.25) is 0 Å². The van der Waals surface area contributed by atoms with E-state index in [0.717, 1.165) is 11.3 Å². The van der Waals surface area contributed by atoms with Gasteiger partial charge < -0.3 is 10.5 Å². The van der Waals surface area contributed by atoms with Gasteiger partial charge in [0.05, 0.1) is 0 Å². The van der Waals surface area contributed by atoms with Crippen LogP contribution < -0.4 is 5.73 Å². The SMILES string of the molecule is COC(C)(C)c1ncc(C(C)N)c(C)n1. The molecule has 1 atom stereocenters. The summed E-state index contributed by atoms with van der Waals surface area (Å²) in [5.74, 6) is 0.687. The fourth-order valence-corrected chi connectivity index (χ4v) is 1.30. The Morgan fingerprint density at radius 1 is 1.47 bits per heavy atom. The molecular formula is C11H19N3O. The first kappa shape index (κ1) is 12.1. The summed E-state index contributed by atoms with van der Waals surface area (Å²) in [7, 11) is 1.65. The van der Waals surface area contributed by atoms with E-state index in [1.807, 2.05) is 27.7 Å². The first-order valence-electron chi connectivity index (χ1n) is 5.03. The van der Waals surface area contributed by atoms with Gasteiger partial charge in [-0.05, 0) is 27.7 Å². The predicted octanol–water partition coefficient (Wildman–Crippen LogP) is 1.69. The Labute approximate surface area is 90.9 Å². The largest absolute Gasteiger partial charge is 0.371 e. The molecule has 0 saturated heterocycles. The summed E-state index contributed by atoms with van der Waals surface area (Å²) in [5.41, 5.74) is 7.23. The van der Waals surface area contributed by atoms with Crippen molar-refractivity contribution < 1.29 is 4.74 Å². The fourth-order valence-electron chi connectivity index (χ4n) is 1.30. The molecule has 1 rings (SSSR count). The molecule has 4 nitrogen and oxygen atoms in total. The number of nitrogens with zero attached hydrogens (tertiary/aromatic N) is 2. The molecule has 2 N–H and O–H groups in total. The third kappa shape index (κ3) is 2.52. The highest BCUT2D eigenvalue weighted by Crippen LogP contribution is 2.21. The molecule has 1 unspecified atom stereocenters. The van der Waals surface area contributed by atoms with Gasteiger partial charge in [0.25, 0.3) is 0 Å². The molecule has 4 heteroatoms. The van der Waals surface area contributed by atoms with Crippen molar-refractivity contribution in [1.82, 2.24) is 9.97 Å². The fraction of sp³-hybridized carbons (Fsp3) is 0.636. The minimum atomic E-state index is -0.457. The van der Waals surface area contributed by atoms with Crippen molar-refractivity contribution in [3.63, 3.8) is 0 Å². The molecule has 0 radical (unpaired) electrons. The minimum Gasteiger partial charge on any atom is -0.371 e. The minimum absolute atomic E-state index is 0.0373. The molecule has 1 aromatic heterocycles. The zero-order valence-electron chi connectivity index (χ0n) is 10.0. The Hall–Kier alpha value is -1.00. The number of nitrogens with two attached hydrogens (primary N) is 1. The highest BCUT2D eigenvalue weighted by molar-refractivity contribution is 5.20. The number of aryl methyl sites for hydroxylation is 1. The van der Waals surface area contributed by atoms with Crippen LogP contribution in [0.1, 0.15) is 43.9 Å². The normalized spacial score (nSPS) is 14.0. The summed E-state index contributed by atoms with van der Waals surface area (Å²) in [5, 5.41) is 0. The predicted molar refractivity (Wildman–Crippen MR) is 59.4 cm³/mol. The van der Waals surface area contributed by atoms with Crippen LogP contribution in [-0.4, -0.2) is 17.1 Å². The second-order valence-electron chi connectivity index (χ2n) is 4.24. The molecule has 0 aliphatic heterocycles. The molecule has 0 saturated carbocycles. The first-order chi connectivity index (χ1) is 6.88. The van der Waals surface area contributed by atoms with E-state index in [2.05, 4.69) is 9.97 Å². The van der Waals surface area contributed by atoms with Gasteiger partial charge in [-0.25, -0.2) is 9.97 Å². The highest BCUT2D eigenvalue weighted by Gasteiger charge is 2.23. The van der Waals surface area contributed by atoms with Gasteiger partial charge in [-0.1, -0.05) is 0 Å². The van der Waals surface area contributed by atoms with Gasteiger partial charge in [-0.15, -0.1) is 0 Å². The van der Waals surface area contributed by atoms with Crippen molar-refractivity contribution in [3.05, 3.63) is 23.3 Å². The van der Waals surface area contributed by atoms with Crippen molar-refractivity contribution in [2.75, 3.05) is 7.11 Å². The maximum atomic E-state index is 5.79. The molecule has 1 heterocycles. The summed E-state index contributed by atoms with van der Waals surface area (Å²) in [6, 6.07) is -0.0373. The molecule has 15 heavy (non-hydrogen) atoms. The summed E-state index contributed by atoms with van der Waals surface area (Å²) in [6.45, 7) is 7.74. The third-order valence-electron chi connectivity index (χ3n) is 2.56. The Balaban J connectivity index is 3.12. The summed E-state index contributed by atoms with van der Waals surface area (Å²) in [6.07, 6.45) is 1.78. The van der Waals surface area contributed by atoms with Crippen molar-refractivity contribution in [1.29, 1.82) is 0 Å². The van der Waals surface area contributed by atoms with E-state index in [9.17, 15) is 0 Å². The molecule has 0 bridgehead atoms. The van der Waals surface area contributed by atoms with Crippen LogP contribution in [0.4, 0.5) is 0 Å². The van der Waals surface area contributed by atoms with Crippen LogP contribution in [0.25, 0.3) is 0 Å². The lowest BCUT2D eigenvalue weighted by Crippen LogP contribution is -2.24. The van der Waals surface area contributed by atoms with Gasteiger partial charge in [0, 0.05) is 30.6 Å². The third-order valence-corrected chi connectivity index (χ3v) is 2.56. The van der Waals surface area contributed by atoms with E-state index in [1.54, 1.807) is 13.3 Å². The number of ether oxygens (including phenoxy) is 1. The summed E-state index contributed by atoms with van der Waals surface area (Å²) >= 11 is 0. The van der Waals surface area contributed by atoms with Gasteiger partial charge in [0.15, 0.2) is 5.82 Å². The van der Waals surface area contributed by atoms with Crippen LogP contribution in [0.15, 0.2) is 6.20 Å². The van der Waals surface area contributed by atoms with Crippen LogP contribution >= 0.6 is 0 Å². The van der Waals surface area contributed by atoms with E-state index < -0.39 is 5.60 Å². The Morgan fingerprint density at radius 3 is 2.47 bits per heavy atom. The molecule has 84 valence electrons. The second-order valence-corrected chi connectivity index (χ2v) is 4.24. The zero-order chi connectivity index (χ0) is 11.6. The van der Waals surface area contributed by atoms with Crippen molar-refractivity contribution in [2.24, 2.45) is 5.73 Å². The van der Waals surface area contributed by atoms with Crippen molar-refractivity contribution in [3.8, 4) is 0 Å². The van der Waals surface area contributed by atoms with Crippen LogP contribution in [0.2, 0.25) is 0 Å². The number of aromatic nitrogens is 2. The molecule has 0 amide bonds. The lowest BCUT2D eigenvalue weighted by Gasteiger charge is -2.22. The molecular weight excluding hydrogens is 190 g/mol. The van der Waals surface area contributed by atoms with Gasteiger partial charge in [-0.2, -0.15) is 0 Å². The van der Waals surface area contributed by atoms with E-state index in [-0.39, 0.29) is 6.04 Å². The van der Waals surface area contributed by atoms with E-state index in [0.29, 0.717) is 5.82 Å². The van der Waals surface area contributed by atoms with E-state index >= 15 is 0 Å². The number of methoxy groups -OCH3 is 1. The van der Waals surface area contributed by atoms with Crippen LogP contribution in [0, 0.1) is 6.92 Å². The van der Waals surface area contributed by atoms with E-state index in [4.69, 9.17) is 10.5 Å². The smallest absolute Gasteiger partial charge is 0.159 e. The van der Waals surface area contributed by atoms with Crippen LogP contribution in [0.5, 0.6) is 0 Å². The molecule has 0 aliphatic carbocycles. The second kappa shape index (κ2) is 4.24. The lowest BCUT2D eigenvalue weighted by molar-refractivity contribution is 0.0112. The van der Waals surface area contributed by atoms with Gasteiger partial charge >= 0.3 is 0 Å². The molecule has 0 spiro atoms. The highest BCUT2D eigenvalue weighted by atomic mass is 16.5. The summed E-state index contributed by atoms with van der Waals surface area (Å²) in [4.78, 5) is 8.71. The van der Waals surface area contributed by atoms with Gasteiger partial charge in [0.1, 0.15) is 5.60 Å². The van der Waals surface area contributed by atoms with Crippen LogP contribution in [-0.2, 0) is 10.3 Å². The Morgan fingerprint density at radius 2 is 2.07 bits per heavy atom. The first-order valence-corrected chi connectivity index (χ1v) is 5.03. The molecule has 0 aliphatic rings. The zero-order valence-corrected chi connectivity index (χ0v) is 10.0. The maximum Gasteiger partial charge on any atom is 0.159 e. The number of hydrogen-bond acceptors (Lipinski definition) is 4. The topological polar surface area (TPSA) is 61.0 Å². The average Bonchev–Trinajstić information content (AvgIpc) is 2.17. The molecule has 1 aromatic rings. The van der Waals surface area contributed by atoms with Gasteiger partial charge in [-0.3, -0.25) is 0 Å². The molecule has 0 fully saturated rings. The van der Waals surface area contributed by atoms with Crippen molar-refractivity contribution in [2.45, 2.75) is 39.3 Å². The molecule has 0 aromatic carbocycles.